The molecule has 1 aromatic heterocycles. The molecule has 0 radical (unpaired) electrons. The molecule has 4 rings (SSSR count). The fraction of sp³-hybridized carbons (Fsp3) is 0.222. The summed E-state index contributed by atoms with van der Waals surface area (Å²) in [5.41, 5.74) is 3.56. The first-order valence-corrected chi connectivity index (χ1v) is 10.8. The summed E-state index contributed by atoms with van der Waals surface area (Å²) in [7, 11) is 3.08. The van der Waals surface area contributed by atoms with Crippen LogP contribution in [0.3, 0.4) is 0 Å². The first kappa shape index (κ1) is 23.0. The normalized spacial score (nSPS) is 17.2. The minimum Gasteiger partial charge on any atom is -0.507 e. The molecule has 7 heteroatoms. The van der Waals surface area contributed by atoms with Gasteiger partial charge >= 0.3 is 0 Å². The van der Waals surface area contributed by atoms with E-state index in [9.17, 15) is 14.7 Å². The average molecular weight is 459 g/mol. The molecule has 1 aliphatic rings. The number of pyridine rings is 1. The van der Waals surface area contributed by atoms with Gasteiger partial charge in [-0.25, -0.2) is 0 Å². The van der Waals surface area contributed by atoms with E-state index in [-0.39, 0.29) is 17.9 Å². The topological polar surface area (TPSA) is 89.0 Å². The van der Waals surface area contributed by atoms with Gasteiger partial charge < -0.3 is 19.5 Å². The molecular formula is C27H26N2O5. The fourth-order valence-electron chi connectivity index (χ4n) is 4.45. The summed E-state index contributed by atoms with van der Waals surface area (Å²) in [5, 5.41) is 11.4. The van der Waals surface area contributed by atoms with Crippen LogP contribution in [0.25, 0.3) is 5.76 Å². The third-order valence-electron chi connectivity index (χ3n) is 5.93. The number of likely N-dealkylation sites (tertiary alicyclic amines) is 1. The van der Waals surface area contributed by atoms with E-state index in [1.54, 1.807) is 37.7 Å². The molecule has 1 atom stereocenters. The van der Waals surface area contributed by atoms with E-state index < -0.39 is 17.7 Å². The van der Waals surface area contributed by atoms with Crippen LogP contribution in [-0.2, 0) is 16.1 Å². The summed E-state index contributed by atoms with van der Waals surface area (Å²) in [6.45, 7) is 3.92. The predicted octanol–water partition coefficient (Wildman–Crippen LogP) is 4.34. The van der Waals surface area contributed by atoms with Gasteiger partial charge in [0.2, 0.25) is 0 Å². The number of ketones is 1. The molecule has 34 heavy (non-hydrogen) atoms. The zero-order valence-electron chi connectivity index (χ0n) is 19.5. The first-order chi connectivity index (χ1) is 16.3. The third kappa shape index (κ3) is 4.12. The van der Waals surface area contributed by atoms with E-state index in [0.717, 1.165) is 16.7 Å². The number of Topliss-reactive ketones (excluding diaryl/α,β-unsaturated/α-hetero) is 1. The van der Waals surface area contributed by atoms with Crippen molar-refractivity contribution in [1.29, 1.82) is 0 Å². The summed E-state index contributed by atoms with van der Waals surface area (Å²) in [5.74, 6) is -0.597. The summed E-state index contributed by atoms with van der Waals surface area (Å²) < 4.78 is 10.8. The lowest BCUT2D eigenvalue weighted by atomic mass is 9.94. The van der Waals surface area contributed by atoms with Crippen molar-refractivity contribution in [3.05, 3.63) is 94.3 Å². The summed E-state index contributed by atoms with van der Waals surface area (Å²) in [6, 6.07) is 13.7. The van der Waals surface area contributed by atoms with Gasteiger partial charge in [-0.1, -0.05) is 18.2 Å². The number of hydrogen-bond donors (Lipinski definition) is 1. The Kier molecular flexibility index (Phi) is 6.36. The van der Waals surface area contributed by atoms with Gasteiger partial charge in [0.05, 0.1) is 31.4 Å². The van der Waals surface area contributed by atoms with Gasteiger partial charge in [-0.05, 0) is 66.4 Å². The van der Waals surface area contributed by atoms with Crippen LogP contribution in [0.15, 0.2) is 66.5 Å². The van der Waals surface area contributed by atoms with Gasteiger partial charge in [-0.15, -0.1) is 0 Å². The zero-order chi connectivity index (χ0) is 24.4. The Morgan fingerprint density at radius 3 is 2.44 bits per heavy atom. The highest BCUT2D eigenvalue weighted by Gasteiger charge is 2.46. The van der Waals surface area contributed by atoms with E-state index in [2.05, 4.69) is 4.98 Å². The molecule has 0 spiro atoms. The lowest BCUT2D eigenvalue weighted by Gasteiger charge is -2.25. The van der Waals surface area contributed by atoms with Crippen LogP contribution in [0.4, 0.5) is 0 Å². The zero-order valence-corrected chi connectivity index (χ0v) is 19.5. The van der Waals surface area contributed by atoms with Crippen molar-refractivity contribution < 1.29 is 24.2 Å². The second-order valence-corrected chi connectivity index (χ2v) is 8.22. The number of aliphatic hydroxyl groups is 1. The molecular weight excluding hydrogens is 432 g/mol. The Hall–Kier alpha value is -4.13. The van der Waals surface area contributed by atoms with Crippen molar-refractivity contribution in [2.75, 3.05) is 14.2 Å². The molecule has 0 saturated carbocycles. The molecule has 2 aromatic carbocycles. The van der Waals surface area contributed by atoms with Crippen molar-refractivity contribution in [2.24, 2.45) is 0 Å². The van der Waals surface area contributed by atoms with Crippen LogP contribution in [0.1, 0.15) is 33.9 Å². The maximum Gasteiger partial charge on any atom is 0.295 e. The van der Waals surface area contributed by atoms with Crippen LogP contribution >= 0.6 is 0 Å². The average Bonchev–Trinajstić information content (AvgIpc) is 3.08. The fourth-order valence-corrected chi connectivity index (χ4v) is 4.45. The number of benzene rings is 2. The second kappa shape index (κ2) is 9.39. The third-order valence-corrected chi connectivity index (χ3v) is 5.93. The highest BCUT2D eigenvalue weighted by molar-refractivity contribution is 6.46. The first-order valence-electron chi connectivity index (χ1n) is 10.8. The number of rotatable bonds is 6. The van der Waals surface area contributed by atoms with E-state index in [1.807, 2.05) is 44.2 Å². The van der Waals surface area contributed by atoms with Crippen molar-refractivity contribution in [1.82, 2.24) is 9.88 Å². The van der Waals surface area contributed by atoms with Gasteiger partial charge in [0.25, 0.3) is 11.7 Å². The summed E-state index contributed by atoms with van der Waals surface area (Å²) in [6.07, 6.45) is 3.19. The Morgan fingerprint density at radius 2 is 1.76 bits per heavy atom. The van der Waals surface area contributed by atoms with Gasteiger partial charge in [0.1, 0.15) is 17.3 Å². The van der Waals surface area contributed by atoms with E-state index in [1.165, 1.54) is 12.0 Å². The van der Waals surface area contributed by atoms with E-state index in [4.69, 9.17) is 9.47 Å². The smallest absolute Gasteiger partial charge is 0.295 e. The molecule has 0 bridgehead atoms. The van der Waals surface area contributed by atoms with E-state index in [0.29, 0.717) is 22.6 Å². The lowest BCUT2D eigenvalue weighted by molar-refractivity contribution is -0.140. The molecule has 7 nitrogen and oxygen atoms in total. The lowest BCUT2D eigenvalue weighted by Crippen LogP contribution is -2.29. The monoisotopic (exact) mass is 458 g/mol. The quantitative estimate of drug-likeness (QED) is 0.336. The van der Waals surface area contributed by atoms with Crippen molar-refractivity contribution >= 4 is 17.4 Å². The number of hydrogen-bond acceptors (Lipinski definition) is 6. The molecule has 1 amide bonds. The van der Waals surface area contributed by atoms with Crippen molar-refractivity contribution in [3.63, 3.8) is 0 Å². The van der Waals surface area contributed by atoms with Crippen LogP contribution in [0.2, 0.25) is 0 Å². The summed E-state index contributed by atoms with van der Waals surface area (Å²) in [4.78, 5) is 32.1. The number of aromatic nitrogens is 1. The molecule has 3 aromatic rings. The molecule has 1 N–H and O–H groups in total. The number of carbonyl (C=O) groups is 2. The van der Waals surface area contributed by atoms with Crippen LogP contribution in [-0.4, -0.2) is 40.9 Å². The summed E-state index contributed by atoms with van der Waals surface area (Å²) >= 11 is 0. The molecule has 2 heterocycles. The molecule has 0 aliphatic carbocycles. The van der Waals surface area contributed by atoms with Gasteiger partial charge in [0.15, 0.2) is 0 Å². The molecule has 1 aliphatic heterocycles. The Bertz CT molecular complexity index is 1280. The predicted molar refractivity (Wildman–Crippen MR) is 128 cm³/mol. The molecule has 1 unspecified atom stereocenters. The number of amides is 1. The van der Waals surface area contributed by atoms with Gasteiger partial charge in [0, 0.05) is 18.9 Å². The van der Waals surface area contributed by atoms with Crippen LogP contribution in [0.5, 0.6) is 11.5 Å². The minimum atomic E-state index is -0.792. The Labute approximate surface area is 198 Å². The number of methoxy groups -OCH3 is 2. The van der Waals surface area contributed by atoms with Crippen molar-refractivity contribution in [3.8, 4) is 11.5 Å². The van der Waals surface area contributed by atoms with Gasteiger partial charge in [-0.3, -0.25) is 14.6 Å². The molecule has 1 saturated heterocycles. The Morgan fingerprint density at radius 1 is 1.03 bits per heavy atom. The number of aliphatic hydroxyl groups excluding tert-OH is 1. The van der Waals surface area contributed by atoms with Crippen molar-refractivity contribution in [2.45, 2.75) is 26.4 Å². The van der Waals surface area contributed by atoms with Crippen LogP contribution < -0.4 is 9.47 Å². The number of ether oxygens (including phenoxy) is 2. The number of nitrogens with zero attached hydrogens (tertiary/aromatic N) is 2. The Balaban J connectivity index is 1.90. The maximum atomic E-state index is 13.3. The number of carbonyl (C=O) groups excluding carboxylic acids is 2. The highest BCUT2D eigenvalue weighted by atomic mass is 16.5. The molecule has 1 fully saturated rings. The van der Waals surface area contributed by atoms with Gasteiger partial charge in [-0.2, -0.15) is 0 Å². The number of aryl methyl sites for hydroxylation is 2. The van der Waals surface area contributed by atoms with E-state index >= 15 is 0 Å². The van der Waals surface area contributed by atoms with Crippen LogP contribution in [0, 0.1) is 13.8 Å². The second-order valence-electron chi connectivity index (χ2n) is 8.22. The maximum absolute atomic E-state index is 13.3. The highest BCUT2D eigenvalue weighted by Crippen LogP contribution is 2.42. The SMILES string of the molecule is COc1cccc(CN2C(=O)C(=O)/C(=C(/O)c3cc(C)cc(C)c3OC)C2c2ccncc2)c1. The molecule has 174 valence electrons. The largest absolute Gasteiger partial charge is 0.507 e. The minimum absolute atomic E-state index is 0.0161. The standard InChI is InChI=1S/C27H26N2O5/c1-16-12-17(2)26(34-4)21(13-16)24(30)22-23(19-8-10-28-11-9-19)29(27(32)25(22)31)15-18-6-5-7-20(14-18)33-3/h5-14,23,30H,15H2,1-4H3/b24-22+.